The van der Waals surface area contributed by atoms with Gasteiger partial charge in [0.2, 0.25) is 5.91 Å². The lowest BCUT2D eigenvalue weighted by atomic mass is 10.1. The lowest BCUT2D eigenvalue weighted by Gasteiger charge is -2.36. The molecule has 1 rings (SSSR count). The summed E-state index contributed by atoms with van der Waals surface area (Å²) < 4.78 is 5.64. The third kappa shape index (κ3) is 8.03. The number of ether oxygens (including phenoxy) is 1. The molecule has 0 fully saturated rings. The molecule has 0 spiro atoms. The Morgan fingerprint density at radius 3 is 2.36 bits per heavy atom. The predicted molar refractivity (Wildman–Crippen MR) is 98.5 cm³/mol. The molecule has 0 aromatic heterocycles. The molecule has 3 N–H and O–H groups in total. The zero-order valence-electron chi connectivity index (χ0n) is 15.7. The lowest BCUT2D eigenvalue weighted by molar-refractivity contribution is -0.118. The number of benzene rings is 1. The molecule has 0 radical (unpaired) electrons. The molecule has 1 atom stereocenters. The van der Waals surface area contributed by atoms with Gasteiger partial charge in [0.25, 0.3) is 0 Å². The minimum atomic E-state index is -0.452. The van der Waals surface area contributed by atoms with Gasteiger partial charge in [0, 0.05) is 13.0 Å². The van der Waals surface area contributed by atoms with E-state index in [2.05, 4.69) is 5.43 Å². The summed E-state index contributed by atoms with van der Waals surface area (Å²) in [5.74, 6) is -0.382. The summed E-state index contributed by atoms with van der Waals surface area (Å²) in [5.41, 5.74) is 8.98. The summed E-state index contributed by atoms with van der Waals surface area (Å²) in [6.45, 7) is 8.34. The van der Waals surface area contributed by atoms with Crippen molar-refractivity contribution in [3.05, 3.63) is 35.9 Å². The Bertz CT molecular complexity index is 541. The standard InChI is InChI=1S/C19H31N3O3/c1-5-9-16(12-13-17(20)23)25-18(24)22(19(2,3)4)21-14-15-10-7-6-8-11-15/h6-8,10-11,16,21H,5,9,12-14H2,1-4H3,(H2,20,23). The van der Waals surface area contributed by atoms with Gasteiger partial charge in [-0.3, -0.25) is 4.79 Å². The van der Waals surface area contributed by atoms with E-state index in [0.29, 0.717) is 19.4 Å². The number of rotatable bonds is 9. The first-order chi connectivity index (χ1) is 11.7. The molecule has 140 valence electrons. The number of hydrogen-bond acceptors (Lipinski definition) is 4. The van der Waals surface area contributed by atoms with E-state index >= 15 is 0 Å². The Hall–Kier alpha value is -2.08. The third-order valence-corrected chi connectivity index (χ3v) is 3.73. The van der Waals surface area contributed by atoms with E-state index in [1.54, 1.807) is 0 Å². The van der Waals surface area contributed by atoms with Gasteiger partial charge in [-0.1, -0.05) is 43.7 Å². The fraction of sp³-hybridized carbons (Fsp3) is 0.579. The largest absolute Gasteiger partial charge is 0.445 e. The van der Waals surface area contributed by atoms with Crippen molar-refractivity contribution in [1.82, 2.24) is 10.4 Å². The van der Waals surface area contributed by atoms with Crippen LogP contribution in [0.4, 0.5) is 4.79 Å². The maximum absolute atomic E-state index is 12.7. The molecule has 0 aliphatic carbocycles. The van der Waals surface area contributed by atoms with Crippen LogP contribution in [-0.2, 0) is 16.1 Å². The lowest BCUT2D eigenvalue weighted by Crippen LogP contribution is -2.54. The van der Waals surface area contributed by atoms with Gasteiger partial charge < -0.3 is 10.5 Å². The zero-order chi connectivity index (χ0) is 18.9. The Labute approximate surface area is 150 Å². The van der Waals surface area contributed by atoms with Crippen molar-refractivity contribution >= 4 is 12.0 Å². The highest BCUT2D eigenvalue weighted by atomic mass is 16.6. The van der Waals surface area contributed by atoms with E-state index in [9.17, 15) is 9.59 Å². The Morgan fingerprint density at radius 1 is 1.20 bits per heavy atom. The molecule has 25 heavy (non-hydrogen) atoms. The van der Waals surface area contributed by atoms with Crippen molar-refractivity contribution in [2.75, 3.05) is 0 Å². The Kier molecular flexibility index (Phi) is 8.41. The van der Waals surface area contributed by atoms with E-state index in [0.717, 1.165) is 12.0 Å². The van der Waals surface area contributed by atoms with Crippen LogP contribution < -0.4 is 11.2 Å². The van der Waals surface area contributed by atoms with Gasteiger partial charge in [-0.25, -0.2) is 15.2 Å². The summed E-state index contributed by atoms with van der Waals surface area (Å²) in [6, 6.07) is 9.85. The van der Waals surface area contributed by atoms with Gasteiger partial charge in [-0.05, 0) is 39.2 Å². The summed E-state index contributed by atoms with van der Waals surface area (Å²) in [4.78, 5) is 23.7. The van der Waals surface area contributed by atoms with Crippen LogP contribution in [0.15, 0.2) is 30.3 Å². The second-order valence-corrected chi connectivity index (χ2v) is 7.13. The molecule has 2 amide bonds. The number of nitrogens with one attached hydrogen (secondary N) is 1. The van der Waals surface area contributed by atoms with Gasteiger partial charge in [-0.15, -0.1) is 0 Å². The van der Waals surface area contributed by atoms with Crippen LogP contribution in [0.3, 0.4) is 0 Å². The number of nitrogens with zero attached hydrogens (tertiary/aromatic N) is 1. The molecule has 6 nitrogen and oxygen atoms in total. The highest BCUT2D eigenvalue weighted by molar-refractivity contribution is 5.73. The summed E-state index contributed by atoms with van der Waals surface area (Å²) in [6.07, 6.45) is 1.48. The van der Waals surface area contributed by atoms with Crippen molar-refractivity contribution in [2.45, 2.75) is 71.6 Å². The first-order valence-corrected chi connectivity index (χ1v) is 8.80. The highest BCUT2D eigenvalue weighted by Gasteiger charge is 2.29. The van der Waals surface area contributed by atoms with Crippen LogP contribution in [0.2, 0.25) is 0 Å². The third-order valence-electron chi connectivity index (χ3n) is 3.73. The molecule has 0 aliphatic rings. The molecule has 0 saturated heterocycles. The van der Waals surface area contributed by atoms with E-state index in [-0.39, 0.29) is 18.4 Å². The molecule has 1 aromatic rings. The minimum Gasteiger partial charge on any atom is -0.445 e. The van der Waals surface area contributed by atoms with Crippen molar-refractivity contribution < 1.29 is 14.3 Å². The van der Waals surface area contributed by atoms with Crippen molar-refractivity contribution in [1.29, 1.82) is 0 Å². The fourth-order valence-electron chi connectivity index (χ4n) is 2.42. The molecule has 0 aliphatic heterocycles. The highest BCUT2D eigenvalue weighted by Crippen LogP contribution is 2.17. The number of carbonyl (C=O) groups is 2. The molecule has 6 heteroatoms. The average molecular weight is 349 g/mol. The Morgan fingerprint density at radius 2 is 1.84 bits per heavy atom. The maximum atomic E-state index is 12.7. The number of carbonyl (C=O) groups excluding carboxylic acids is 2. The van der Waals surface area contributed by atoms with Crippen molar-refractivity contribution in [2.24, 2.45) is 5.73 Å². The quantitative estimate of drug-likeness (QED) is 0.670. The second-order valence-electron chi connectivity index (χ2n) is 7.13. The van der Waals surface area contributed by atoms with Gasteiger partial charge in [0.1, 0.15) is 6.10 Å². The molecular formula is C19H31N3O3. The minimum absolute atomic E-state index is 0.213. The summed E-state index contributed by atoms with van der Waals surface area (Å²) in [5, 5.41) is 1.51. The number of primary amides is 1. The molecule has 0 bridgehead atoms. The molecule has 1 unspecified atom stereocenters. The molecular weight excluding hydrogens is 318 g/mol. The van der Waals surface area contributed by atoms with Gasteiger partial charge in [0.15, 0.2) is 0 Å². The Balaban J connectivity index is 2.72. The second kappa shape index (κ2) is 10.0. The van der Waals surface area contributed by atoms with Gasteiger partial charge in [-0.2, -0.15) is 0 Å². The number of nitrogens with two attached hydrogens (primary N) is 1. The topological polar surface area (TPSA) is 84.7 Å². The van der Waals surface area contributed by atoms with Gasteiger partial charge >= 0.3 is 6.09 Å². The fourth-order valence-corrected chi connectivity index (χ4v) is 2.42. The number of hydrazine groups is 1. The smallest absolute Gasteiger partial charge is 0.425 e. The van der Waals surface area contributed by atoms with Crippen molar-refractivity contribution in [3.8, 4) is 0 Å². The van der Waals surface area contributed by atoms with Crippen LogP contribution in [0.5, 0.6) is 0 Å². The van der Waals surface area contributed by atoms with E-state index < -0.39 is 11.6 Å². The first kappa shape index (κ1) is 21.0. The van der Waals surface area contributed by atoms with Gasteiger partial charge in [0.05, 0.1) is 5.54 Å². The normalized spacial score (nSPS) is 12.5. The van der Waals surface area contributed by atoms with E-state index in [1.165, 1.54) is 5.01 Å². The molecule has 0 heterocycles. The van der Waals surface area contributed by atoms with Crippen LogP contribution in [0, 0.1) is 0 Å². The number of amides is 2. The van der Waals surface area contributed by atoms with Crippen LogP contribution >= 0.6 is 0 Å². The maximum Gasteiger partial charge on any atom is 0.425 e. The average Bonchev–Trinajstić information content (AvgIpc) is 2.52. The zero-order valence-corrected chi connectivity index (χ0v) is 15.7. The SMILES string of the molecule is CCCC(CCC(N)=O)OC(=O)N(NCc1ccccc1)C(C)(C)C. The van der Waals surface area contributed by atoms with Crippen LogP contribution in [-0.4, -0.2) is 28.7 Å². The molecule has 1 aromatic carbocycles. The summed E-state index contributed by atoms with van der Waals surface area (Å²) >= 11 is 0. The molecule has 0 saturated carbocycles. The van der Waals surface area contributed by atoms with Crippen LogP contribution in [0.1, 0.15) is 58.9 Å². The van der Waals surface area contributed by atoms with Crippen molar-refractivity contribution in [3.63, 3.8) is 0 Å². The predicted octanol–water partition coefficient (Wildman–Crippen LogP) is 3.36. The summed E-state index contributed by atoms with van der Waals surface area (Å²) in [7, 11) is 0. The number of hydrogen-bond donors (Lipinski definition) is 2. The van der Waals surface area contributed by atoms with E-state index in [4.69, 9.17) is 10.5 Å². The van der Waals surface area contributed by atoms with E-state index in [1.807, 2.05) is 58.0 Å². The monoisotopic (exact) mass is 349 g/mol. The van der Waals surface area contributed by atoms with Crippen LogP contribution in [0.25, 0.3) is 0 Å². The first-order valence-electron chi connectivity index (χ1n) is 8.80.